The van der Waals surface area contributed by atoms with Crippen molar-refractivity contribution < 1.29 is 18.3 Å². The van der Waals surface area contributed by atoms with Crippen LogP contribution < -0.4 is 10.1 Å². The zero-order chi connectivity index (χ0) is 25.4. The second-order valence-corrected chi connectivity index (χ2v) is 8.63. The van der Waals surface area contributed by atoms with Crippen molar-refractivity contribution >= 4 is 22.5 Å². The molecule has 1 amide bonds. The van der Waals surface area contributed by atoms with E-state index in [0.717, 1.165) is 17.0 Å². The summed E-state index contributed by atoms with van der Waals surface area (Å²) in [6, 6.07) is 17.1. The SMILES string of the molecule is COc1ccc2nc(-c3ccc(C)o3)cc(C(=O)Nc3c(C)nn(Cc4ccc(F)cc4)c3C)c2c1. The molecule has 182 valence electrons. The van der Waals surface area contributed by atoms with Crippen molar-refractivity contribution in [3.8, 4) is 17.2 Å². The van der Waals surface area contributed by atoms with E-state index in [-0.39, 0.29) is 11.7 Å². The zero-order valence-corrected chi connectivity index (χ0v) is 20.4. The van der Waals surface area contributed by atoms with Crippen molar-refractivity contribution in [1.29, 1.82) is 0 Å². The van der Waals surface area contributed by atoms with Crippen molar-refractivity contribution in [3.05, 3.63) is 94.8 Å². The average molecular weight is 485 g/mol. The molecule has 2 aromatic carbocycles. The summed E-state index contributed by atoms with van der Waals surface area (Å²) in [7, 11) is 1.58. The summed E-state index contributed by atoms with van der Waals surface area (Å²) in [5.41, 5.74) is 4.66. The molecule has 36 heavy (non-hydrogen) atoms. The van der Waals surface area contributed by atoms with Crippen LogP contribution in [0, 0.1) is 26.6 Å². The number of nitrogens with one attached hydrogen (secondary N) is 1. The van der Waals surface area contributed by atoms with Gasteiger partial charge in [-0.05, 0) is 74.9 Å². The van der Waals surface area contributed by atoms with E-state index in [4.69, 9.17) is 14.1 Å². The number of amides is 1. The highest BCUT2D eigenvalue weighted by molar-refractivity contribution is 6.13. The molecule has 0 aliphatic rings. The van der Waals surface area contributed by atoms with Crippen LogP contribution in [-0.4, -0.2) is 27.8 Å². The summed E-state index contributed by atoms with van der Waals surface area (Å²) in [5, 5.41) is 8.30. The number of anilines is 1. The van der Waals surface area contributed by atoms with Crippen LogP contribution >= 0.6 is 0 Å². The molecule has 3 heterocycles. The van der Waals surface area contributed by atoms with Crippen molar-refractivity contribution in [3.63, 3.8) is 0 Å². The van der Waals surface area contributed by atoms with Crippen LogP contribution in [0.25, 0.3) is 22.4 Å². The Hall–Kier alpha value is -4.46. The number of pyridine rings is 1. The first-order chi connectivity index (χ1) is 17.3. The number of rotatable bonds is 6. The molecule has 0 unspecified atom stereocenters. The monoisotopic (exact) mass is 484 g/mol. The Labute approximate surface area is 207 Å². The molecule has 0 spiro atoms. The molecular formula is C28H25FN4O3. The van der Waals surface area contributed by atoms with Crippen LogP contribution in [0.4, 0.5) is 10.1 Å². The van der Waals surface area contributed by atoms with Crippen LogP contribution in [0.1, 0.15) is 33.1 Å². The van der Waals surface area contributed by atoms with E-state index < -0.39 is 0 Å². The molecule has 5 aromatic rings. The summed E-state index contributed by atoms with van der Waals surface area (Å²) in [4.78, 5) is 18.3. The first kappa shape index (κ1) is 23.3. The van der Waals surface area contributed by atoms with E-state index in [1.807, 2.05) is 45.0 Å². The summed E-state index contributed by atoms with van der Waals surface area (Å²) in [6.45, 7) is 6.05. The number of aromatic nitrogens is 3. The maximum Gasteiger partial charge on any atom is 0.256 e. The Balaban J connectivity index is 1.52. The third-order valence-electron chi connectivity index (χ3n) is 6.12. The maximum absolute atomic E-state index is 13.6. The minimum absolute atomic E-state index is 0.287. The lowest BCUT2D eigenvalue weighted by Gasteiger charge is -2.11. The molecule has 5 rings (SSSR count). The first-order valence-corrected chi connectivity index (χ1v) is 11.5. The number of benzene rings is 2. The molecule has 0 fully saturated rings. The number of furan rings is 1. The third kappa shape index (κ3) is 4.45. The van der Waals surface area contributed by atoms with E-state index in [9.17, 15) is 9.18 Å². The fourth-order valence-electron chi connectivity index (χ4n) is 4.19. The number of carbonyl (C=O) groups is 1. The summed E-state index contributed by atoms with van der Waals surface area (Å²) < 4.78 is 26.2. The number of halogens is 1. The smallest absolute Gasteiger partial charge is 0.256 e. The molecule has 8 heteroatoms. The minimum atomic E-state index is -0.298. The molecule has 0 atom stereocenters. The number of hydrogen-bond acceptors (Lipinski definition) is 5. The van der Waals surface area contributed by atoms with E-state index in [1.54, 1.807) is 36.1 Å². The first-order valence-electron chi connectivity index (χ1n) is 11.5. The molecule has 7 nitrogen and oxygen atoms in total. The Morgan fingerprint density at radius 3 is 2.53 bits per heavy atom. The van der Waals surface area contributed by atoms with E-state index in [1.165, 1.54) is 12.1 Å². The van der Waals surface area contributed by atoms with Gasteiger partial charge in [0.1, 0.15) is 23.0 Å². The molecule has 3 aromatic heterocycles. The van der Waals surface area contributed by atoms with Gasteiger partial charge >= 0.3 is 0 Å². The van der Waals surface area contributed by atoms with Gasteiger partial charge < -0.3 is 14.5 Å². The number of nitrogens with zero attached hydrogens (tertiary/aromatic N) is 3. The van der Waals surface area contributed by atoms with Gasteiger partial charge in [-0.3, -0.25) is 9.48 Å². The Bertz CT molecular complexity index is 1580. The summed E-state index contributed by atoms with van der Waals surface area (Å²) in [5.74, 6) is 1.38. The molecule has 0 aliphatic heterocycles. The van der Waals surface area contributed by atoms with Crippen LogP contribution in [0.3, 0.4) is 0 Å². The number of hydrogen-bond donors (Lipinski definition) is 1. The topological polar surface area (TPSA) is 82.2 Å². The lowest BCUT2D eigenvalue weighted by atomic mass is 10.1. The zero-order valence-electron chi connectivity index (χ0n) is 20.4. The molecule has 0 bridgehead atoms. The molecule has 0 saturated heterocycles. The van der Waals surface area contributed by atoms with Gasteiger partial charge in [0.15, 0.2) is 5.76 Å². The average Bonchev–Trinajstić information content (AvgIpc) is 3.42. The number of carbonyl (C=O) groups excluding carboxylic acids is 1. The second-order valence-electron chi connectivity index (χ2n) is 8.63. The lowest BCUT2D eigenvalue weighted by molar-refractivity contribution is 0.102. The fraction of sp³-hybridized carbons (Fsp3) is 0.179. The van der Waals surface area contributed by atoms with Gasteiger partial charge in [-0.25, -0.2) is 9.37 Å². The lowest BCUT2D eigenvalue weighted by Crippen LogP contribution is -2.14. The number of fused-ring (bicyclic) bond motifs is 1. The van der Waals surface area contributed by atoms with E-state index in [2.05, 4.69) is 10.4 Å². The van der Waals surface area contributed by atoms with E-state index in [0.29, 0.717) is 51.6 Å². The maximum atomic E-state index is 13.6. The van der Waals surface area contributed by atoms with Crippen LogP contribution in [0.5, 0.6) is 5.75 Å². The normalized spacial score (nSPS) is 11.1. The standard InChI is InChI=1S/C28H25FN4O3/c1-16-5-12-26(36-16)25-14-23(22-13-21(35-4)10-11-24(22)30-25)28(34)31-27-17(2)32-33(18(27)3)15-19-6-8-20(29)9-7-19/h5-14H,15H2,1-4H3,(H,31,34). The van der Waals surface area contributed by atoms with Crippen molar-refractivity contribution in [1.82, 2.24) is 14.8 Å². The van der Waals surface area contributed by atoms with Crippen molar-refractivity contribution in [2.75, 3.05) is 12.4 Å². The Morgan fingerprint density at radius 1 is 1.06 bits per heavy atom. The van der Waals surface area contributed by atoms with Crippen molar-refractivity contribution in [2.45, 2.75) is 27.3 Å². The second kappa shape index (κ2) is 9.30. The fourth-order valence-corrected chi connectivity index (χ4v) is 4.19. The predicted octanol–water partition coefficient (Wildman–Crippen LogP) is 6.06. The summed E-state index contributed by atoms with van der Waals surface area (Å²) >= 11 is 0. The van der Waals surface area contributed by atoms with Gasteiger partial charge in [0.2, 0.25) is 0 Å². The predicted molar refractivity (Wildman–Crippen MR) is 136 cm³/mol. The number of aryl methyl sites for hydroxylation is 2. The highest BCUT2D eigenvalue weighted by Gasteiger charge is 2.20. The number of methoxy groups -OCH3 is 1. The van der Waals surface area contributed by atoms with Gasteiger partial charge in [0.05, 0.1) is 41.8 Å². The number of ether oxygens (including phenoxy) is 1. The van der Waals surface area contributed by atoms with Crippen molar-refractivity contribution in [2.24, 2.45) is 0 Å². The molecule has 0 radical (unpaired) electrons. The highest BCUT2D eigenvalue weighted by atomic mass is 19.1. The van der Waals surface area contributed by atoms with Crippen LogP contribution in [0.15, 0.2) is 65.1 Å². The van der Waals surface area contributed by atoms with Gasteiger partial charge in [0, 0.05) is 5.39 Å². The van der Waals surface area contributed by atoms with Crippen LogP contribution in [0.2, 0.25) is 0 Å². The molecular weight excluding hydrogens is 459 g/mol. The summed E-state index contributed by atoms with van der Waals surface area (Å²) in [6.07, 6.45) is 0. The molecule has 0 aliphatic carbocycles. The molecule has 0 saturated carbocycles. The highest BCUT2D eigenvalue weighted by Crippen LogP contribution is 2.30. The quantitative estimate of drug-likeness (QED) is 0.317. The Morgan fingerprint density at radius 2 is 1.83 bits per heavy atom. The van der Waals surface area contributed by atoms with Gasteiger partial charge in [-0.15, -0.1) is 0 Å². The van der Waals surface area contributed by atoms with E-state index >= 15 is 0 Å². The van der Waals surface area contributed by atoms with Gasteiger partial charge in [-0.1, -0.05) is 12.1 Å². The molecule has 1 N–H and O–H groups in total. The van der Waals surface area contributed by atoms with Crippen LogP contribution in [-0.2, 0) is 6.54 Å². The van der Waals surface area contributed by atoms with Gasteiger partial charge in [0.25, 0.3) is 5.91 Å². The minimum Gasteiger partial charge on any atom is -0.497 e. The third-order valence-corrected chi connectivity index (χ3v) is 6.12. The largest absolute Gasteiger partial charge is 0.497 e. The Kier molecular flexibility index (Phi) is 6.01. The van der Waals surface area contributed by atoms with Gasteiger partial charge in [-0.2, -0.15) is 5.10 Å².